The molecule has 2 amide bonds. The average molecular weight is 491 g/mol. The van der Waals surface area contributed by atoms with Crippen molar-refractivity contribution in [2.75, 3.05) is 32.5 Å². The van der Waals surface area contributed by atoms with Gasteiger partial charge in [0.15, 0.2) is 0 Å². The first-order chi connectivity index (χ1) is 14.1. The van der Waals surface area contributed by atoms with Gasteiger partial charge in [-0.3, -0.25) is 14.9 Å². The minimum absolute atomic E-state index is 0. The quantitative estimate of drug-likeness (QED) is 0.326. The molecular weight excluding hydrogens is 460 g/mol. The average Bonchev–Trinajstić information content (AvgIpc) is 3.32. The number of rotatable bonds is 12. The number of halogens is 1. The van der Waals surface area contributed by atoms with Gasteiger partial charge in [0.1, 0.15) is 12.4 Å². The Labute approximate surface area is 198 Å². The van der Waals surface area contributed by atoms with Crippen LogP contribution >= 0.6 is 45.8 Å². The number of benzene rings is 1. The molecule has 2 heterocycles. The fourth-order valence-corrected chi connectivity index (χ4v) is 7.28. The minimum atomic E-state index is -0.321. The number of nitrogens with zero attached hydrogens (tertiary/aromatic N) is 1. The zero-order valence-corrected chi connectivity index (χ0v) is 20.6. The molecular formula is C21H31ClN2O3S3. The molecule has 0 bridgehead atoms. The molecule has 2 fully saturated rings. The number of thioether (sulfide) groups is 1. The third-order valence-electron chi connectivity index (χ3n) is 5.15. The summed E-state index contributed by atoms with van der Waals surface area (Å²) in [4.78, 5) is 25.2. The normalized spacial score (nSPS) is 21.0. The summed E-state index contributed by atoms with van der Waals surface area (Å²) >= 11 is 1.07. The van der Waals surface area contributed by atoms with E-state index in [4.69, 9.17) is 4.74 Å². The van der Waals surface area contributed by atoms with E-state index in [9.17, 15) is 9.59 Å². The van der Waals surface area contributed by atoms with Gasteiger partial charge < -0.3 is 9.64 Å². The molecule has 3 rings (SSSR count). The lowest BCUT2D eigenvalue weighted by molar-refractivity contribution is -0.118. The van der Waals surface area contributed by atoms with E-state index >= 15 is 0 Å². The first-order valence-electron chi connectivity index (χ1n) is 10.3. The van der Waals surface area contributed by atoms with E-state index in [0.29, 0.717) is 13.0 Å². The topological polar surface area (TPSA) is 58.6 Å². The summed E-state index contributed by atoms with van der Waals surface area (Å²) in [6.45, 7) is 2.70. The Morgan fingerprint density at radius 3 is 2.60 bits per heavy atom. The molecule has 5 nitrogen and oxygen atoms in total. The third-order valence-corrected chi connectivity index (χ3v) is 9.13. The van der Waals surface area contributed by atoms with E-state index < -0.39 is 0 Å². The molecule has 30 heavy (non-hydrogen) atoms. The maximum Gasteiger partial charge on any atom is 0.286 e. The van der Waals surface area contributed by atoms with Crippen LogP contribution in [-0.2, 0) is 11.2 Å². The minimum Gasteiger partial charge on any atom is -0.492 e. The highest BCUT2D eigenvalue weighted by Gasteiger charge is 2.31. The van der Waals surface area contributed by atoms with Crippen LogP contribution in [0.1, 0.15) is 37.7 Å². The third kappa shape index (κ3) is 8.91. The number of carbonyl (C=O) groups is 2. The van der Waals surface area contributed by atoms with Crippen molar-refractivity contribution in [1.82, 2.24) is 10.2 Å². The number of carbonyl (C=O) groups excluding carboxylic acids is 2. The monoisotopic (exact) mass is 490 g/mol. The van der Waals surface area contributed by atoms with E-state index in [0.717, 1.165) is 41.4 Å². The summed E-state index contributed by atoms with van der Waals surface area (Å²) in [6.07, 6.45) is 7.25. The Bertz CT molecular complexity index is 672. The summed E-state index contributed by atoms with van der Waals surface area (Å²) < 4.78 is 5.85. The summed E-state index contributed by atoms with van der Waals surface area (Å²) in [5, 5.41) is 2.65. The summed E-state index contributed by atoms with van der Waals surface area (Å²) in [5.41, 5.74) is 1.03. The molecule has 0 radical (unpaired) electrons. The molecule has 0 spiro atoms. The molecule has 2 saturated heterocycles. The number of ether oxygens (including phenoxy) is 1. The van der Waals surface area contributed by atoms with Crippen LogP contribution in [0.3, 0.4) is 0 Å². The standard InChI is InChI=1S/C21H30N2O3S3.ClH/c1-23(11-4-2-3-5-18-10-14-27-29-18)12-13-26-17-8-6-16(7-9-17)15-19-20(24)22-21(25)28-19;/h6-9,18-19H,2-5,10-15H2,1H3,(H,22,24,25);1H. The predicted molar refractivity (Wildman–Crippen MR) is 132 cm³/mol. The van der Waals surface area contributed by atoms with Gasteiger partial charge in [0, 0.05) is 17.5 Å². The van der Waals surface area contributed by atoms with Crippen LogP contribution in [0, 0.1) is 0 Å². The van der Waals surface area contributed by atoms with Crippen molar-refractivity contribution < 1.29 is 14.3 Å². The van der Waals surface area contributed by atoms with Gasteiger partial charge in [-0.05, 0) is 57.0 Å². The largest absolute Gasteiger partial charge is 0.492 e. The Hall–Kier alpha value is -0.540. The lowest BCUT2D eigenvalue weighted by Gasteiger charge is -2.17. The first kappa shape index (κ1) is 25.7. The second kappa shape index (κ2) is 13.8. The summed E-state index contributed by atoms with van der Waals surface area (Å²) in [5.74, 6) is 1.98. The van der Waals surface area contributed by atoms with Crippen molar-refractivity contribution in [3.63, 3.8) is 0 Å². The van der Waals surface area contributed by atoms with Crippen molar-refractivity contribution in [3.8, 4) is 5.75 Å². The van der Waals surface area contributed by atoms with Crippen molar-refractivity contribution in [1.29, 1.82) is 0 Å². The van der Waals surface area contributed by atoms with Crippen LogP contribution in [0.15, 0.2) is 24.3 Å². The van der Waals surface area contributed by atoms with Gasteiger partial charge in [-0.2, -0.15) is 0 Å². The second-order valence-electron chi connectivity index (χ2n) is 7.56. The van der Waals surface area contributed by atoms with Crippen molar-refractivity contribution in [2.24, 2.45) is 0 Å². The number of unbranched alkanes of at least 4 members (excludes halogenated alkanes) is 2. The van der Waals surface area contributed by atoms with Gasteiger partial charge in [-0.1, -0.05) is 58.3 Å². The predicted octanol–water partition coefficient (Wildman–Crippen LogP) is 5.03. The maximum absolute atomic E-state index is 11.6. The molecule has 1 aromatic rings. The Kier molecular flexibility index (Phi) is 11.8. The van der Waals surface area contributed by atoms with Crippen molar-refractivity contribution in [2.45, 2.75) is 49.0 Å². The lowest BCUT2D eigenvalue weighted by Crippen LogP contribution is -2.25. The van der Waals surface area contributed by atoms with Gasteiger partial charge in [0.2, 0.25) is 5.91 Å². The molecule has 0 saturated carbocycles. The van der Waals surface area contributed by atoms with E-state index in [1.165, 1.54) is 37.9 Å². The Balaban J connectivity index is 0.00000320. The van der Waals surface area contributed by atoms with Crippen LogP contribution in [0.5, 0.6) is 5.75 Å². The highest BCUT2D eigenvalue weighted by atomic mass is 35.5. The van der Waals surface area contributed by atoms with Crippen molar-refractivity contribution >= 4 is 56.9 Å². The second-order valence-corrected chi connectivity index (χ2v) is 11.5. The van der Waals surface area contributed by atoms with Crippen LogP contribution < -0.4 is 10.1 Å². The number of likely N-dealkylation sites (N-methyl/N-ethyl adjacent to an activating group) is 1. The molecule has 2 aliphatic heterocycles. The number of imide groups is 1. The van der Waals surface area contributed by atoms with E-state index in [2.05, 4.69) is 28.1 Å². The zero-order chi connectivity index (χ0) is 20.5. The van der Waals surface area contributed by atoms with E-state index in [1.807, 2.05) is 35.1 Å². The van der Waals surface area contributed by atoms with Gasteiger partial charge in [0.05, 0.1) is 5.25 Å². The van der Waals surface area contributed by atoms with Crippen LogP contribution in [0.25, 0.3) is 0 Å². The first-order valence-corrected chi connectivity index (χ1v) is 13.6. The molecule has 2 atom stereocenters. The van der Waals surface area contributed by atoms with Gasteiger partial charge in [-0.15, -0.1) is 12.4 Å². The molecule has 1 aromatic carbocycles. The van der Waals surface area contributed by atoms with Crippen LogP contribution in [-0.4, -0.2) is 59.0 Å². The zero-order valence-electron chi connectivity index (χ0n) is 17.3. The molecule has 2 unspecified atom stereocenters. The van der Waals surface area contributed by atoms with Gasteiger partial charge in [0.25, 0.3) is 5.24 Å². The highest BCUT2D eigenvalue weighted by molar-refractivity contribution is 8.77. The number of hydrogen-bond donors (Lipinski definition) is 1. The lowest BCUT2D eigenvalue weighted by atomic mass is 10.1. The number of amides is 2. The van der Waals surface area contributed by atoms with E-state index in [-0.39, 0.29) is 28.8 Å². The molecule has 1 N–H and O–H groups in total. The highest BCUT2D eigenvalue weighted by Crippen LogP contribution is 2.39. The van der Waals surface area contributed by atoms with Crippen molar-refractivity contribution in [3.05, 3.63) is 29.8 Å². The Morgan fingerprint density at radius 1 is 1.13 bits per heavy atom. The molecule has 0 aromatic heterocycles. The summed E-state index contributed by atoms with van der Waals surface area (Å²) in [6, 6.07) is 7.82. The SMILES string of the molecule is CN(CCCCCC1CCSS1)CCOc1ccc(CC2SC(=O)NC2=O)cc1.Cl. The van der Waals surface area contributed by atoms with Crippen LogP contribution in [0.4, 0.5) is 4.79 Å². The Morgan fingerprint density at radius 2 is 1.93 bits per heavy atom. The van der Waals surface area contributed by atoms with Gasteiger partial charge >= 0.3 is 0 Å². The number of hydrogen-bond acceptors (Lipinski definition) is 7. The fourth-order valence-electron chi connectivity index (χ4n) is 3.39. The summed E-state index contributed by atoms with van der Waals surface area (Å²) in [7, 11) is 6.27. The van der Waals surface area contributed by atoms with Crippen LogP contribution in [0.2, 0.25) is 0 Å². The molecule has 2 aliphatic rings. The maximum atomic E-state index is 11.6. The smallest absolute Gasteiger partial charge is 0.286 e. The molecule has 0 aliphatic carbocycles. The molecule has 9 heteroatoms. The molecule has 168 valence electrons. The van der Waals surface area contributed by atoms with Gasteiger partial charge in [-0.25, -0.2) is 0 Å². The number of nitrogens with one attached hydrogen (secondary N) is 1. The van der Waals surface area contributed by atoms with E-state index in [1.54, 1.807) is 0 Å². The fraction of sp³-hybridized carbons (Fsp3) is 0.619.